The molecule has 0 aromatic heterocycles. The molecule has 0 radical (unpaired) electrons. The number of benzene rings is 2. The van der Waals surface area contributed by atoms with E-state index in [0.717, 1.165) is 11.1 Å². The first kappa shape index (κ1) is 41.9. The Morgan fingerprint density at radius 1 is 1.00 bits per heavy atom. The van der Waals surface area contributed by atoms with Gasteiger partial charge in [-0.25, -0.2) is 0 Å². The molecule has 2 aliphatic rings. The molecule has 0 spiro atoms. The molecule has 5 atom stereocenters. The second-order valence-electron chi connectivity index (χ2n) is 15.3. The van der Waals surface area contributed by atoms with Gasteiger partial charge in [0, 0.05) is 25.9 Å². The van der Waals surface area contributed by atoms with Gasteiger partial charge in [0.15, 0.2) is 0 Å². The van der Waals surface area contributed by atoms with Crippen molar-refractivity contribution in [1.29, 1.82) is 0 Å². The van der Waals surface area contributed by atoms with E-state index in [9.17, 15) is 28.8 Å². The van der Waals surface area contributed by atoms with E-state index in [1.54, 1.807) is 6.07 Å². The summed E-state index contributed by atoms with van der Waals surface area (Å²) < 4.78 is 12.0. The Bertz CT molecular complexity index is 1630. The molecule has 294 valence electrons. The fourth-order valence-corrected chi connectivity index (χ4v) is 6.63. The molecule has 14 nitrogen and oxygen atoms in total. The highest BCUT2D eigenvalue weighted by Gasteiger charge is 2.46. The number of carbonyl (C=O) groups is 6. The van der Waals surface area contributed by atoms with Gasteiger partial charge in [0.2, 0.25) is 29.4 Å². The van der Waals surface area contributed by atoms with E-state index >= 15 is 0 Å². The summed E-state index contributed by atoms with van der Waals surface area (Å²) in [5.41, 5.74) is 0.899. The van der Waals surface area contributed by atoms with E-state index in [2.05, 4.69) is 21.3 Å². The van der Waals surface area contributed by atoms with Gasteiger partial charge in [0.25, 0.3) is 5.91 Å². The van der Waals surface area contributed by atoms with Crippen molar-refractivity contribution >= 4 is 35.3 Å². The van der Waals surface area contributed by atoms with Gasteiger partial charge in [0.1, 0.15) is 17.8 Å². The fourth-order valence-electron chi connectivity index (χ4n) is 6.63. The van der Waals surface area contributed by atoms with Crippen molar-refractivity contribution in [1.82, 2.24) is 31.1 Å². The molecule has 0 saturated carbocycles. The predicted molar refractivity (Wildman–Crippen MR) is 202 cm³/mol. The van der Waals surface area contributed by atoms with Crippen LogP contribution in [0, 0.1) is 5.41 Å². The molecule has 0 unspecified atom stereocenters. The van der Waals surface area contributed by atoms with Crippen LogP contribution in [0.25, 0.3) is 0 Å². The van der Waals surface area contributed by atoms with Crippen LogP contribution in [-0.4, -0.2) is 116 Å². The normalized spacial score (nSPS) is 20.6. The number of nitrogens with one attached hydrogen (secondary N) is 4. The van der Waals surface area contributed by atoms with E-state index in [0.29, 0.717) is 38.3 Å². The van der Waals surface area contributed by atoms with E-state index in [1.165, 1.54) is 4.90 Å². The molecule has 1 fully saturated rings. The minimum absolute atomic E-state index is 0.0287. The summed E-state index contributed by atoms with van der Waals surface area (Å²) in [6.45, 7) is 8.19. The van der Waals surface area contributed by atoms with Crippen molar-refractivity contribution in [2.24, 2.45) is 5.41 Å². The Labute approximate surface area is 318 Å². The first-order valence-electron chi connectivity index (χ1n) is 18.7. The minimum atomic E-state index is -1.19. The Hall–Kier alpha value is -4.82. The maximum absolute atomic E-state index is 14.3. The first-order chi connectivity index (χ1) is 25.7. The number of ketones is 1. The molecule has 0 aliphatic carbocycles. The molecule has 5 amide bonds. The highest BCUT2D eigenvalue weighted by Crippen LogP contribution is 2.28. The molecule has 1 saturated heterocycles. The largest absolute Gasteiger partial charge is 0.493 e. The smallest absolute Gasteiger partial charge is 0.290 e. The highest BCUT2D eigenvalue weighted by atomic mass is 16.5. The van der Waals surface area contributed by atoms with Gasteiger partial charge in [-0.15, -0.1) is 0 Å². The number of likely N-dealkylation sites (N-methyl/N-ethyl adjacent to an activating group) is 1. The topological polar surface area (TPSA) is 175 Å². The number of nitrogens with zero attached hydrogens (tertiary/aromatic N) is 2. The Balaban J connectivity index is 1.46. The predicted octanol–water partition coefficient (Wildman–Crippen LogP) is 1.92. The maximum Gasteiger partial charge on any atom is 0.290 e. The third-order valence-electron chi connectivity index (χ3n) is 9.37. The Morgan fingerprint density at radius 2 is 1.74 bits per heavy atom. The van der Waals surface area contributed by atoms with Gasteiger partial charge >= 0.3 is 0 Å². The Kier molecular flexibility index (Phi) is 15.1. The molecule has 4 rings (SSSR count). The lowest BCUT2D eigenvalue weighted by Gasteiger charge is -2.35. The van der Waals surface area contributed by atoms with Gasteiger partial charge in [-0.05, 0) is 49.2 Å². The van der Waals surface area contributed by atoms with Gasteiger partial charge in [-0.2, -0.15) is 0 Å². The molecule has 4 N–H and O–H groups in total. The third-order valence-corrected chi connectivity index (χ3v) is 9.37. The number of hydrogen-bond donors (Lipinski definition) is 4. The van der Waals surface area contributed by atoms with Crippen LogP contribution in [0.4, 0.5) is 0 Å². The summed E-state index contributed by atoms with van der Waals surface area (Å²) in [5, 5.41) is 10.9. The Morgan fingerprint density at radius 3 is 2.43 bits per heavy atom. The molecule has 4 bridgehead atoms. The van der Waals surface area contributed by atoms with Crippen LogP contribution in [0.3, 0.4) is 0 Å². The number of carbonyl (C=O) groups excluding carboxylic acids is 6. The summed E-state index contributed by atoms with van der Waals surface area (Å²) >= 11 is 0. The summed E-state index contributed by atoms with van der Waals surface area (Å²) in [4.78, 5) is 84.3. The summed E-state index contributed by atoms with van der Waals surface area (Å²) in [6, 6.07) is 13.1. The maximum atomic E-state index is 14.3. The molecule has 2 aromatic rings. The lowest BCUT2D eigenvalue weighted by atomic mass is 9.85. The number of fused-ring (bicyclic) bond motifs is 4. The zero-order valence-electron chi connectivity index (χ0n) is 32.3. The first-order valence-corrected chi connectivity index (χ1v) is 18.7. The van der Waals surface area contributed by atoms with Crippen LogP contribution in [0.2, 0.25) is 0 Å². The van der Waals surface area contributed by atoms with Crippen molar-refractivity contribution in [2.45, 2.75) is 90.1 Å². The lowest BCUT2D eigenvalue weighted by molar-refractivity contribution is -0.145. The molecule has 14 heteroatoms. The van der Waals surface area contributed by atoms with Crippen LogP contribution < -0.4 is 26.0 Å². The van der Waals surface area contributed by atoms with Crippen LogP contribution in [0.1, 0.15) is 70.5 Å². The molecule has 2 aromatic carbocycles. The van der Waals surface area contributed by atoms with Crippen molar-refractivity contribution in [3.63, 3.8) is 0 Å². The zero-order valence-corrected chi connectivity index (χ0v) is 32.3. The molecule has 54 heavy (non-hydrogen) atoms. The number of hydrogen-bond acceptors (Lipinski definition) is 9. The number of ether oxygens (including phenoxy) is 2. The SMILES string of the molecule is CCC[C@H](NC(=O)[C@@H]1C[C@H]2CN1C(=O)[C@H](C(C)(C)C)NC(=O)Cc1cccc(c1)OCCCO2)C(=O)C(=O)NCC(=O)N[C@H](CN(C)C)c1ccccc1. The van der Waals surface area contributed by atoms with Crippen molar-refractivity contribution in [2.75, 3.05) is 46.9 Å². The average Bonchev–Trinajstić information content (AvgIpc) is 3.55. The van der Waals surface area contributed by atoms with E-state index < -0.39 is 65.6 Å². The minimum Gasteiger partial charge on any atom is -0.493 e. The summed E-state index contributed by atoms with van der Waals surface area (Å²) in [6.07, 6.45) is 0.867. The van der Waals surface area contributed by atoms with E-state index in [4.69, 9.17) is 9.47 Å². The molecule has 2 aliphatic heterocycles. The van der Waals surface area contributed by atoms with E-state index in [1.807, 2.05) is 95.2 Å². The lowest BCUT2D eigenvalue weighted by Crippen LogP contribution is -2.59. The highest BCUT2D eigenvalue weighted by molar-refractivity contribution is 6.38. The van der Waals surface area contributed by atoms with Crippen LogP contribution >= 0.6 is 0 Å². The van der Waals surface area contributed by atoms with Gasteiger partial charge in [-0.1, -0.05) is 76.6 Å². The fraction of sp³-hybridized carbons (Fsp3) is 0.550. The van der Waals surface area contributed by atoms with Crippen molar-refractivity contribution in [3.8, 4) is 5.75 Å². The van der Waals surface area contributed by atoms with E-state index in [-0.39, 0.29) is 37.8 Å². The van der Waals surface area contributed by atoms with Gasteiger partial charge in [0.05, 0.1) is 44.4 Å². The molecule has 2 heterocycles. The van der Waals surface area contributed by atoms with Gasteiger partial charge in [-0.3, -0.25) is 28.8 Å². The molecular formula is C40H56N6O8. The molecular weight excluding hydrogens is 692 g/mol. The van der Waals surface area contributed by atoms with Crippen LogP contribution in [-0.2, 0) is 39.9 Å². The summed E-state index contributed by atoms with van der Waals surface area (Å²) in [5.74, 6) is -3.17. The van der Waals surface area contributed by atoms with Crippen molar-refractivity contribution in [3.05, 3.63) is 65.7 Å². The summed E-state index contributed by atoms with van der Waals surface area (Å²) in [7, 11) is 3.77. The number of rotatable bonds is 12. The number of Topliss-reactive ketones (excluding diaryl/α,β-unsaturated/α-hetero) is 1. The second-order valence-corrected chi connectivity index (χ2v) is 15.3. The second kappa shape index (κ2) is 19.5. The monoisotopic (exact) mass is 748 g/mol. The van der Waals surface area contributed by atoms with Gasteiger partial charge < -0.3 is 40.5 Å². The standard InChI is InChI=1S/C40H56N6O8/c1-7-13-30(35(49)38(51)41-23-34(48)42-31(25-45(5)6)27-15-9-8-10-16-27)43-37(50)32-22-29-24-46(32)39(52)36(40(2,3)4)44-33(47)21-26-14-11-17-28(20-26)53-18-12-19-54-29/h8-11,14-17,20,29-32,36H,7,12-13,18-19,21-25H2,1-6H3,(H,41,51)(H,42,48)(H,43,50)(H,44,47)/t29-,30-,31+,32-,36+/m0/s1. The quantitative estimate of drug-likeness (QED) is 0.237. The third kappa shape index (κ3) is 12.1. The average molecular weight is 749 g/mol. The van der Waals surface area contributed by atoms with Crippen LogP contribution in [0.5, 0.6) is 5.75 Å². The van der Waals surface area contributed by atoms with Crippen molar-refractivity contribution < 1.29 is 38.2 Å². The zero-order chi connectivity index (χ0) is 39.4. The number of amides is 5. The van der Waals surface area contributed by atoms with Crippen LogP contribution in [0.15, 0.2) is 54.6 Å².